The molecule has 0 fully saturated rings. The van der Waals surface area contributed by atoms with E-state index in [9.17, 15) is 22.4 Å². The van der Waals surface area contributed by atoms with E-state index < -0.39 is 29.6 Å². The fourth-order valence-corrected chi connectivity index (χ4v) is 3.30. The number of anilines is 3. The molecule has 1 aliphatic rings. The number of aliphatic imine (C=N–C) groups is 1. The van der Waals surface area contributed by atoms with E-state index in [0.717, 1.165) is 13.8 Å². The number of methoxy groups -OCH3 is 1. The predicted octanol–water partition coefficient (Wildman–Crippen LogP) is 5.52. The SMILES string of the molecule is COCCOc1cc(F)c2c(c1)NC=NC2Nc1ccc(NC(=O)NCCC(C)(C)C(F)(F)F)cc1. The molecular weight excluding hydrogens is 482 g/mol. The molecule has 2 amide bonds. The Morgan fingerprint density at radius 2 is 1.81 bits per heavy atom. The minimum Gasteiger partial charge on any atom is -0.491 e. The number of hydrogen-bond donors (Lipinski definition) is 4. The number of alkyl halides is 3. The Morgan fingerprint density at radius 3 is 2.47 bits per heavy atom. The summed E-state index contributed by atoms with van der Waals surface area (Å²) in [5, 5.41) is 11.0. The molecule has 0 radical (unpaired) electrons. The molecule has 0 bridgehead atoms. The van der Waals surface area contributed by atoms with Crippen molar-refractivity contribution in [2.75, 3.05) is 42.8 Å². The van der Waals surface area contributed by atoms with Crippen LogP contribution >= 0.6 is 0 Å². The number of fused-ring (bicyclic) bond motifs is 1. The zero-order valence-corrected chi connectivity index (χ0v) is 20.1. The largest absolute Gasteiger partial charge is 0.491 e. The molecule has 196 valence electrons. The van der Waals surface area contributed by atoms with Crippen LogP contribution in [0, 0.1) is 11.2 Å². The predicted molar refractivity (Wildman–Crippen MR) is 130 cm³/mol. The molecule has 8 nitrogen and oxygen atoms in total. The van der Waals surface area contributed by atoms with Gasteiger partial charge in [0.2, 0.25) is 0 Å². The molecule has 1 unspecified atom stereocenters. The second-order valence-electron chi connectivity index (χ2n) is 8.77. The zero-order valence-electron chi connectivity index (χ0n) is 20.1. The van der Waals surface area contributed by atoms with E-state index >= 15 is 0 Å². The van der Waals surface area contributed by atoms with E-state index in [1.54, 1.807) is 37.4 Å². The Morgan fingerprint density at radius 1 is 1.11 bits per heavy atom. The third kappa shape index (κ3) is 7.00. The monoisotopic (exact) mass is 511 g/mol. The standard InChI is InChI=1S/C24H29F4N5O3/c1-23(2,24(26,27)28)8-9-29-22(34)33-16-6-4-15(5-7-16)32-21-20-18(25)12-17(36-11-10-35-3)13-19(20)30-14-31-21/h4-7,12-14,21,32H,8-11H2,1-3H3,(H,30,31)(H2,29,33,34). The Balaban J connectivity index is 1.56. The van der Waals surface area contributed by atoms with Gasteiger partial charge in [-0.15, -0.1) is 0 Å². The zero-order chi connectivity index (χ0) is 26.3. The van der Waals surface area contributed by atoms with E-state index in [1.807, 2.05) is 0 Å². The number of carbonyl (C=O) groups excluding carboxylic acids is 1. The molecule has 0 saturated heterocycles. The van der Waals surface area contributed by atoms with E-state index in [0.29, 0.717) is 35.0 Å². The Labute approximate surface area is 206 Å². The van der Waals surface area contributed by atoms with Crippen LogP contribution in [0.4, 0.5) is 39.4 Å². The maximum atomic E-state index is 14.9. The molecule has 2 aromatic carbocycles. The average molecular weight is 512 g/mol. The van der Waals surface area contributed by atoms with Gasteiger partial charge in [-0.05, 0) is 30.7 Å². The molecule has 36 heavy (non-hydrogen) atoms. The molecule has 3 rings (SSSR count). The van der Waals surface area contributed by atoms with E-state index in [4.69, 9.17) is 9.47 Å². The van der Waals surface area contributed by atoms with Crippen LogP contribution < -0.4 is 26.0 Å². The van der Waals surface area contributed by atoms with Gasteiger partial charge in [0, 0.05) is 37.2 Å². The molecule has 2 aromatic rings. The summed E-state index contributed by atoms with van der Waals surface area (Å²) in [6.07, 6.45) is -3.84. The summed E-state index contributed by atoms with van der Waals surface area (Å²) in [6, 6.07) is 8.89. The van der Waals surface area contributed by atoms with Crippen molar-refractivity contribution in [2.45, 2.75) is 32.6 Å². The van der Waals surface area contributed by atoms with E-state index in [2.05, 4.69) is 26.3 Å². The average Bonchev–Trinajstić information content (AvgIpc) is 2.79. The van der Waals surface area contributed by atoms with Gasteiger partial charge in [-0.2, -0.15) is 13.2 Å². The lowest BCUT2D eigenvalue weighted by atomic mass is 9.89. The summed E-state index contributed by atoms with van der Waals surface area (Å²) in [4.78, 5) is 16.3. The molecule has 1 atom stereocenters. The maximum Gasteiger partial charge on any atom is 0.394 e. The summed E-state index contributed by atoms with van der Waals surface area (Å²) < 4.78 is 64.0. The maximum absolute atomic E-state index is 14.9. The van der Waals surface area contributed by atoms with Gasteiger partial charge in [-0.1, -0.05) is 13.8 Å². The first-order valence-corrected chi connectivity index (χ1v) is 11.2. The first-order valence-electron chi connectivity index (χ1n) is 11.2. The van der Waals surface area contributed by atoms with E-state index in [-0.39, 0.29) is 19.6 Å². The summed E-state index contributed by atoms with van der Waals surface area (Å²) in [5.74, 6) is -0.133. The first-order chi connectivity index (χ1) is 17.0. The van der Waals surface area contributed by atoms with Crippen LogP contribution in [0.15, 0.2) is 41.4 Å². The van der Waals surface area contributed by atoms with Crippen molar-refractivity contribution in [3.8, 4) is 5.75 Å². The number of amides is 2. The Kier molecular flexibility index (Phi) is 8.62. The summed E-state index contributed by atoms with van der Waals surface area (Å²) in [6.45, 7) is 2.71. The van der Waals surface area contributed by atoms with Crippen LogP contribution in [-0.2, 0) is 4.74 Å². The second kappa shape index (κ2) is 11.5. The van der Waals surface area contributed by atoms with Gasteiger partial charge in [-0.25, -0.2) is 14.2 Å². The summed E-state index contributed by atoms with van der Waals surface area (Å²) in [5.41, 5.74) is -0.0193. The summed E-state index contributed by atoms with van der Waals surface area (Å²) >= 11 is 0. The summed E-state index contributed by atoms with van der Waals surface area (Å²) in [7, 11) is 1.55. The van der Waals surface area contributed by atoms with Gasteiger partial charge >= 0.3 is 12.2 Å². The first kappa shape index (κ1) is 27.1. The number of nitrogens with zero attached hydrogens (tertiary/aromatic N) is 1. The van der Waals surface area contributed by atoms with Crippen LogP contribution in [0.3, 0.4) is 0 Å². The van der Waals surface area contributed by atoms with Gasteiger partial charge < -0.3 is 30.7 Å². The van der Waals surface area contributed by atoms with Crippen LogP contribution in [0.5, 0.6) is 5.75 Å². The molecule has 1 heterocycles. The fourth-order valence-electron chi connectivity index (χ4n) is 3.30. The third-order valence-electron chi connectivity index (χ3n) is 5.63. The van der Waals surface area contributed by atoms with Gasteiger partial charge in [-0.3, -0.25) is 0 Å². The highest BCUT2D eigenvalue weighted by atomic mass is 19.4. The number of benzene rings is 2. The Hall–Kier alpha value is -3.54. The molecule has 4 N–H and O–H groups in total. The lowest BCUT2D eigenvalue weighted by Gasteiger charge is -2.27. The number of rotatable bonds is 10. The van der Waals surface area contributed by atoms with Crippen LogP contribution in [0.2, 0.25) is 0 Å². The van der Waals surface area contributed by atoms with Crippen molar-refractivity contribution in [3.05, 3.63) is 47.8 Å². The van der Waals surface area contributed by atoms with Gasteiger partial charge in [0.15, 0.2) is 6.17 Å². The smallest absolute Gasteiger partial charge is 0.394 e. The molecular formula is C24H29F4N5O3. The molecule has 1 aliphatic heterocycles. The quantitative estimate of drug-likeness (QED) is 0.249. The highest BCUT2D eigenvalue weighted by Crippen LogP contribution is 2.40. The fraction of sp³-hybridized carbons (Fsp3) is 0.417. The van der Waals surface area contributed by atoms with Crippen molar-refractivity contribution in [2.24, 2.45) is 10.4 Å². The van der Waals surface area contributed by atoms with Crippen LogP contribution in [-0.4, -0.2) is 45.4 Å². The van der Waals surface area contributed by atoms with Crippen molar-refractivity contribution in [1.82, 2.24) is 5.32 Å². The highest BCUT2D eigenvalue weighted by Gasteiger charge is 2.46. The van der Waals surface area contributed by atoms with Crippen LogP contribution in [0.1, 0.15) is 32.0 Å². The van der Waals surface area contributed by atoms with Gasteiger partial charge in [0.25, 0.3) is 0 Å². The van der Waals surface area contributed by atoms with Crippen molar-refractivity contribution in [3.63, 3.8) is 0 Å². The lowest BCUT2D eigenvalue weighted by Crippen LogP contribution is -2.37. The topological polar surface area (TPSA) is 96.0 Å². The molecule has 0 spiro atoms. The lowest BCUT2D eigenvalue weighted by molar-refractivity contribution is -0.213. The number of nitrogens with one attached hydrogen (secondary N) is 4. The number of carbonyl (C=O) groups is 1. The van der Waals surface area contributed by atoms with Crippen molar-refractivity contribution < 1.29 is 31.8 Å². The minimum absolute atomic E-state index is 0.129. The molecule has 12 heteroatoms. The van der Waals surface area contributed by atoms with E-state index in [1.165, 1.54) is 12.4 Å². The third-order valence-corrected chi connectivity index (χ3v) is 5.63. The number of urea groups is 1. The number of hydrogen-bond acceptors (Lipinski definition) is 6. The molecule has 0 aliphatic carbocycles. The normalized spacial score (nSPS) is 15.0. The van der Waals surface area contributed by atoms with Gasteiger partial charge in [0.1, 0.15) is 18.2 Å². The molecule has 0 saturated carbocycles. The van der Waals surface area contributed by atoms with Gasteiger partial charge in [0.05, 0.1) is 29.6 Å². The highest BCUT2D eigenvalue weighted by molar-refractivity contribution is 5.89. The second-order valence-corrected chi connectivity index (χ2v) is 8.77. The van der Waals surface area contributed by atoms with Crippen molar-refractivity contribution in [1.29, 1.82) is 0 Å². The Bertz CT molecular complexity index is 1070. The number of ether oxygens (including phenoxy) is 2. The minimum atomic E-state index is -4.35. The number of halogens is 4. The van der Waals surface area contributed by atoms with Crippen molar-refractivity contribution >= 4 is 29.4 Å². The molecule has 0 aromatic heterocycles. The van der Waals surface area contributed by atoms with Crippen LogP contribution in [0.25, 0.3) is 0 Å².